The average molecular weight is 331 g/mol. The maximum Gasteiger partial charge on any atom is 0.0406 e. The van der Waals surface area contributed by atoms with Crippen LogP contribution in [0.5, 0.6) is 0 Å². The number of nitrogens with two attached hydrogens (primary N) is 2. The van der Waals surface area contributed by atoms with Crippen molar-refractivity contribution in [3.8, 4) is 0 Å². The zero-order valence-electron chi connectivity index (χ0n) is 15.8. The standard InChI is InChI=1S/C20H34N4/c1-5-19(3,21)11-13-23-15-17-7-9-18(10-8-17)16-24-14-12-20(4,22)6-2/h7-10,15-16H,5-6,11-14,21-22H2,1-4H3. The van der Waals surface area contributed by atoms with Gasteiger partial charge in [-0.25, -0.2) is 0 Å². The molecule has 134 valence electrons. The van der Waals surface area contributed by atoms with E-state index in [1.165, 1.54) is 0 Å². The normalized spacial score (nSPS) is 17.2. The lowest BCUT2D eigenvalue weighted by Gasteiger charge is -2.21. The highest BCUT2D eigenvalue weighted by Crippen LogP contribution is 2.11. The van der Waals surface area contributed by atoms with Crippen LogP contribution in [0.3, 0.4) is 0 Å². The summed E-state index contributed by atoms with van der Waals surface area (Å²) >= 11 is 0. The number of nitrogens with zero attached hydrogens (tertiary/aromatic N) is 2. The van der Waals surface area contributed by atoms with Crippen molar-refractivity contribution in [3.05, 3.63) is 35.4 Å². The molecule has 1 aromatic carbocycles. The predicted molar refractivity (Wildman–Crippen MR) is 106 cm³/mol. The maximum atomic E-state index is 6.11. The molecule has 4 N–H and O–H groups in total. The van der Waals surface area contributed by atoms with Gasteiger partial charge in [-0.05, 0) is 50.7 Å². The fourth-order valence-electron chi connectivity index (χ4n) is 2.00. The molecule has 0 bridgehead atoms. The van der Waals surface area contributed by atoms with Crippen molar-refractivity contribution in [1.29, 1.82) is 0 Å². The van der Waals surface area contributed by atoms with Gasteiger partial charge in [0.2, 0.25) is 0 Å². The van der Waals surface area contributed by atoms with Crippen molar-refractivity contribution in [1.82, 2.24) is 0 Å². The molecule has 1 aromatic rings. The number of hydrogen-bond donors (Lipinski definition) is 2. The first kappa shape index (κ1) is 20.5. The summed E-state index contributed by atoms with van der Waals surface area (Å²) < 4.78 is 0. The van der Waals surface area contributed by atoms with Gasteiger partial charge in [-0.3, -0.25) is 9.98 Å². The summed E-state index contributed by atoms with van der Waals surface area (Å²) in [7, 11) is 0. The van der Waals surface area contributed by atoms with Gasteiger partial charge in [-0.15, -0.1) is 0 Å². The Morgan fingerprint density at radius 1 is 0.792 bits per heavy atom. The third-order valence-electron chi connectivity index (χ3n) is 4.66. The third-order valence-corrected chi connectivity index (χ3v) is 4.66. The van der Waals surface area contributed by atoms with Gasteiger partial charge >= 0.3 is 0 Å². The molecule has 24 heavy (non-hydrogen) atoms. The Labute approximate surface area is 147 Å². The quantitative estimate of drug-likeness (QED) is 0.644. The smallest absolute Gasteiger partial charge is 0.0406 e. The minimum Gasteiger partial charge on any atom is -0.325 e. The highest BCUT2D eigenvalue weighted by Gasteiger charge is 2.14. The van der Waals surface area contributed by atoms with Crippen LogP contribution in [0.2, 0.25) is 0 Å². The molecule has 4 nitrogen and oxygen atoms in total. The van der Waals surface area contributed by atoms with Gasteiger partial charge in [0, 0.05) is 36.6 Å². The summed E-state index contributed by atoms with van der Waals surface area (Å²) in [6, 6.07) is 8.24. The Balaban J connectivity index is 2.43. The van der Waals surface area contributed by atoms with Gasteiger partial charge < -0.3 is 11.5 Å². The van der Waals surface area contributed by atoms with Gasteiger partial charge in [0.1, 0.15) is 0 Å². The van der Waals surface area contributed by atoms with Crippen LogP contribution in [0.15, 0.2) is 34.3 Å². The first-order chi connectivity index (χ1) is 11.3. The highest BCUT2D eigenvalue weighted by molar-refractivity contribution is 5.84. The van der Waals surface area contributed by atoms with E-state index in [1.54, 1.807) is 0 Å². The molecular weight excluding hydrogens is 296 g/mol. The molecule has 0 fully saturated rings. The van der Waals surface area contributed by atoms with E-state index in [4.69, 9.17) is 11.5 Å². The monoisotopic (exact) mass is 330 g/mol. The second-order valence-corrected chi connectivity index (χ2v) is 7.25. The van der Waals surface area contributed by atoms with Crippen molar-refractivity contribution >= 4 is 12.4 Å². The van der Waals surface area contributed by atoms with Crippen LogP contribution in [-0.2, 0) is 0 Å². The van der Waals surface area contributed by atoms with Gasteiger partial charge in [-0.1, -0.05) is 38.1 Å². The van der Waals surface area contributed by atoms with Gasteiger partial charge in [-0.2, -0.15) is 0 Å². The minimum absolute atomic E-state index is 0.116. The van der Waals surface area contributed by atoms with Crippen molar-refractivity contribution in [2.75, 3.05) is 13.1 Å². The molecule has 0 aliphatic rings. The van der Waals surface area contributed by atoms with E-state index in [-0.39, 0.29) is 11.1 Å². The molecular formula is C20H34N4. The number of aliphatic imine (C=N–C) groups is 2. The molecule has 0 spiro atoms. The lowest BCUT2D eigenvalue weighted by molar-refractivity contribution is 0.425. The third kappa shape index (κ3) is 8.37. The van der Waals surface area contributed by atoms with Crippen molar-refractivity contribution in [2.45, 2.75) is 64.5 Å². The topological polar surface area (TPSA) is 76.8 Å². The fraction of sp³-hybridized carbons (Fsp3) is 0.600. The van der Waals surface area contributed by atoms with Crippen molar-refractivity contribution in [3.63, 3.8) is 0 Å². The number of rotatable bonds is 10. The molecule has 1 rings (SSSR count). The molecule has 2 unspecified atom stereocenters. The minimum atomic E-state index is -0.116. The van der Waals surface area contributed by atoms with E-state index in [9.17, 15) is 0 Å². The van der Waals surface area contributed by atoms with Crippen LogP contribution >= 0.6 is 0 Å². The van der Waals surface area contributed by atoms with E-state index in [2.05, 4.69) is 61.9 Å². The van der Waals surface area contributed by atoms with E-state index in [1.807, 2.05) is 12.4 Å². The molecule has 0 saturated heterocycles. The summed E-state index contributed by atoms with van der Waals surface area (Å²) in [5.74, 6) is 0. The summed E-state index contributed by atoms with van der Waals surface area (Å²) in [5, 5.41) is 0. The zero-order chi connectivity index (χ0) is 18.1. The largest absolute Gasteiger partial charge is 0.325 e. The first-order valence-corrected chi connectivity index (χ1v) is 8.95. The van der Waals surface area contributed by atoms with Crippen LogP contribution in [0, 0.1) is 0 Å². The van der Waals surface area contributed by atoms with Crippen molar-refractivity contribution in [2.24, 2.45) is 21.5 Å². The average Bonchev–Trinajstić information content (AvgIpc) is 2.57. The summed E-state index contributed by atoms with van der Waals surface area (Å²) in [5.41, 5.74) is 14.2. The Kier molecular flexibility index (Phi) is 8.29. The van der Waals surface area contributed by atoms with E-state index < -0.39 is 0 Å². The predicted octanol–water partition coefficient (Wildman–Crippen LogP) is 3.56. The fourth-order valence-corrected chi connectivity index (χ4v) is 2.00. The van der Waals surface area contributed by atoms with Gasteiger partial charge in [0.15, 0.2) is 0 Å². The molecule has 0 saturated carbocycles. The van der Waals surface area contributed by atoms with E-state index >= 15 is 0 Å². The summed E-state index contributed by atoms with van der Waals surface area (Å²) in [6.45, 7) is 9.90. The Morgan fingerprint density at radius 3 is 1.42 bits per heavy atom. The molecule has 0 aliphatic heterocycles. The molecule has 4 heteroatoms. The lowest BCUT2D eigenvalue weighted by Crippen LogP contribution is -2.35. The maximum absolute atomic E-state index is 6.11. The molecule has 2 atom stereocenters. The molecule has 0 amide bonds. The van der Waals surface area contributed by atoms with Crippen LogP contribution < -0.4 is 11.5 Å². The number of benzene rings is 1. The van der Waals surface area contributed by atoms with Gasteiger partial charge in [0.05, 0.1) is 0 Å². The highest BCUT2D eigenvalue weighted by atomic mass is 14.8. The van der Waals surface area contributed by atoms with Crippen LogP contribution in [0.1, 0.15) is 64.5 Å². The van der Waals surface area contributed by atoms with E-state index in [0.29, 0.717) is 0 Å². The van der Waals surface area contributed by atoms with Crippen LogP contribution in [-0.4, -0.2) is 36.6 Å². The first-order valence-electron chi connectivity index (χ1n) is 8.95. The van der Waals surface area contributed by atoms with Crippen molar-refractivity contribution < 1.29 is 0 Å². The molecule has 0 radical (unpaired) electrons. The van der Waals surface area contributed by atoms with Crippen LogP contribution in [0.25, 0.3) is 0 Å². The number of hydrogen-bond acceptors (Lipinski definition) is 4. The Morgan fingerprint density at radius 2 is 1.12 bits per heavy atom. The second kappa shape index (κ2) is 9.70. The second-order valence-electron chi connectivity index (χ2n) is 7.25. The Hall–Kier alpha value is -1.52. The summed E-state index contributed by atoms with van der Waals surface area (Å²) in [6.07, 6.45) is 7.57. The van der Waals surface area contributed by atoms with Gasteiger partial charge in [0.25, 0.3) is 0 Å². The summed E-state index contributed by atoms with van der Waals surface area (Å²) in [4.78, 5) is 8.93. The molecule has 0 aromatic heterocycles. The molecule has 0 heterocycles. The molecule has 0 aliphatic carbocycles. The van der Waals surface area contributed by atoms with Crippen LogP contribution in [0.4, 0.5) is 0 Å². The SMILES string of the molecule is CCC(C)(N)CCN=Cc1ccc(C=NCCC(C)(N)CC)cc1. The lowest BCUT2D eigenvalue weighted by atomic mass is 9.96. The zero-order valence-corrected chi connectivity index (χ0v) is 15.8. The van der Waals surface area contributed by atoms with E-state index in [0.717, 1.165) is 49.9 Å². The Bertz CT molecular complexity index is 478.